The van der Waals surface area contributed by atoms with Crippen molar-refractivity contribution in [2.45, 2.75) is 13.0 Å². The molecule has 2 aromatic rings. The van der Waals surface area contributed by atoms with E-state index in [9.17, 15) is 4.79 Å². The second-order valence-electron chi connectivity index (χ2n) is 4.45. The zero-order chi connectivity index (χ0) is 13.8. The summed E-state index contributed by atoms with van der Waals surface area (Å²) in [4.78, 5) is 16.1. The van der Waals surface area contributed by atoms with Crippen LogP contribution in [0.25, 0.3) is 0 Å². The minimum atomic E-state index is -0.141. The lowest BCUT2D eigenvalue weighted by molar-refractivity contribution is 0.0948. The molecule has 0 unspecified atom stereocenters. The summed E-state index contributed by atoms with van der Waals surface area (Å²) < 4.78 is 12.5. The number of rotatable bonds is 5. The van der Waals surface area contributed by atoms with Crippen molar-refractivity contribution in [1.82, 2.24) is 14.9 Å². The molecule has 2 heterocycles. The highest BCUT2D eigenvalue weighted by atomic mass is 16.7. The number of ether oxygens (including phenoxy) is 2. The second kappa shape index (κ2) is 5.64. The van der Waals surface area contributed by atoms with Crippen LogP contribution in [0.1, 0.15) is 16.8 Å². The van der Waals surface area contributed by atoms with Gasteiger partial charge in [0.25, 0.3) is 5.91 Å². The molecule has 0 fully saturated rings. The Morgan fingerprint density at radius 2 is 2.35 bits per heavy atom. The van der Waals surface area contributed by atoms with Crippen LogP contribution >= 0.6 is 0 Å². The van der Waals surface area contributed by atoms with Gasteiger partial charge in [0, 0.05) is 25.5 Å². The maximum atomic E-state index is 12.1. The molecule has 0 saturated heterocycles. The van der Waals surface area contributed by atoms with E-state index in [0.29, 0.717) is 23.6 Å². The molecule has 20 heavy (non-hydrogen) atoms. The van der Waals surface area contributed by atoms with Crippen molar-refractivity contribution >= 4 is 5.91 Å². The Hall–Kier alpha value is -2.50. The normalized spacial score (nSPS) is 12.4. The molecule has 0 spiro atoms. The maximum absolute atomic E-state index is 12.1. The first-order chi connectivity index (χ1) is 9.84. The van der Waals surface area contributed by atoms with Crippen molar-refractivity contribution in [2.24, 2.45) is 0 Å². The van der Waals surface area contributed by atoms with Crippen LogP contribution in [0.4, 0.5) is 0 Å². The van der Waals surface area contributed by atoms with Crippen LogP contribution in [0.15, 0.2) is 36.9 Å². The molecule has 6 nitrogen and oxygen atoms in total. The van der Waals surface area contributed by atoms with Gasteiger partial charge in [-0.1, -0.05) is 6.07 Å². The Labute approximate surface area is 116 Å². The van der Waals surface area contributed by atoms with Gasteiger partial charge in [0.2, 0.25) is 6.79 Å². The Kier molecular flexibility index (Phi) is 3.54. The van der Waals surface area contributed by atoms with Gasteiger partial charge in [-0.25, -0.2) is 4.98 Å². The molecule has 1 N–H and O–H groups in total. The SMILES string of the molecule is O=C(NCCCn1ccnc1)c1cccc2c1OCO2. The van der Waals surface area contributed by atoms with E-state index >= 15 is 0 Å². The van der Waals surface area contributed by atoms with Crippen molar-refractivity contribution < 1.29 is 14.3 Å². The topological polar surface area (TPSA) is 65.4 Å². The molecule has 1 aromatic carbocycles. The van der Waals surface area contributed by atoms with Crippen LogP contribution in [-0.2, 0) is 6.54 Å². The molecular formula is C14H15N3O3. The summed E-state index contributed by atoms with van der Waals surface area (Å²) in [6, 6.07) is 5.31. The van der Waals surface area contributed by atoms with E-state index in [2.05, 4.69) is 10.3 Å². The zero-order valence-corrected chi connectivity index (χ0v) is 10.9. The first-order valence-corrected chi connectivity index (χ1v) is 6.47. The van der Waals surface area contributed by atoms with Gasteiger partial charge >= 0.3 is 0 Å². The molecule has 0 radical (unpaired) electrons. The van der Waals surface area contributed by atoms with E-state index in [1.807, 2.05) is 10.8 Å². The monoisotopic (exact) mass is 273 g/mol. The number of para-hydroxylation sites is 1. The molecule has 1 amide bonds. The van der Waals surface area contributed by atoms with E-state index < -0.39 is 0 Å². The standard InChI is InChI=1S/C14H15N3O3/c18-14(16-5-2-7-17-8-6-15-9-17)11-3-1-4-12-13(11)20-10-19-12/h1,3-4,6,8-9H,2,5,7,10H2,(H,16,18). The highest BCUT2D eigenvalue weighted by Crippen LogP contribution is 2.35. The third-order valence-electron chi connectivity index (χ3n) is 3.08. The number of nitrogens with zero attached hydrogens (tertiary/aromatic N) is 2. The van der Waals surface area contributed by atoms with E-state index in [1.54, 1.807) is 30.7 Å². The molecule has 104 valence electrons. The van der Waals surface area contributed by atoms with Crippen LogP contribution < -0.4 is 14.8 Å². The summed E-state index contributed by atoms with van der Waals surface area (Å²) in [6.45, 7) is 1.59. The number of benzene rings is 1. The molecule has 1 aromatic heterocycles. The number of aromatic nitrogens is 2. The van der Waals surface area contributed by atoms with Crippen molar-refractivity contribution in [3.8, 4) is 11.5 Å². The summed E-state index contributed by atoms with van der Waals surface area (Å²) >= 11 is 0. The lowest BCUT2D eigenvalue weighted by Crippen LogP contribution is -2.25. The number of aryl methyl sites for hydroxylation is 1. The first-order valence-electron chi connectivity index (χ1n) is 6.47. The predicted octanol–water partition coefficient (Wildman–Crippen LogP) is 1.43. The number of imidazole rings is 1. The van der Waals surface area contributed by atoms with Crippen LogP contribution in [0.2, 0.25) is 0 Å². The van der Waals surface area contributed by atoms with Crippen molar-refractivity contribution in [2.75, 3.05) is 13.3 Å². The number of nitrogens with one attached hydrogen (secondary N) is 1. The predicted molar refractivity (Wildman–Crippen MR) is 71.7 cm³/mol. The molecule has 1 aliphatic rings. The molecule has 0 bridgehead atoms. The molecule has 1 aliphatic heterocycles. The molecule has 0 atom stereocenters. The van der Waals surface area contributed by atoms with Gasteiger partial charge in [-0.2, -0.15) is 0 Å². The average Bonchev–Trinajstić information content (AvgIpc) is 3.13. The number of amides is 1. The lowest BCUT2D eigenvalue weighted by atomic mass is 10.1. The van der Waals surface area contributed by atoms with Crippen molar-refractivity contribution in [1.29, 1.82) is 0 Å². The van der Waals surface area contributed by atoms with Gasteiger partial charge < -0.3 is 19.4 Å². The first kappa shape index (κ1) is 12.5. The number of hydrogen-bond acceptors (Lipinski definition) is 4. The largest absolute Gasteiger partial charge is 0.454 e. The smallest absolute Gasteiger partial charge is 0.255 e. The fraction of sp³-hybridized carbons (Fsp3) is 0.286. The molecule has 0 saturated carbocycles. The molecule has 0 aliphatic carbocycles. The summed E-state index contributed by atoms with van der Waals surface area (Å²) in [5.74, 6) is 1.01. The van der Waals surface area contributed by atoms with Crippen molar-refractivity contribution in [3.63, 3.8) is 0 Å². The third kappa shape index (κ3) is 2.59. The quantitative estimate of drug-likeness (QED) is 0.837. The maximum Gasteiger partial charge on any atom is 0.255 e. The lowest BCUT2D eigenvalue weighted by Gasteiger charge is -2.07. The number of carbonyl (C=O) groups excluding carboxylic acids is 1. The Bertz CT molecular complexity index is 596. The summed E-state index contributed by atoms with van der Waals surface area (Å²) in [5, 5.41) is 2.88. The fourth-order valence-corrected chi connectivity index (χ4v) is 2.09. The third-order valence-corrected chi connectivity index (χ3v) is 3.08. The van der Waals surface area contributed by atoms with Gasteiger partial charge in [-0.3, -0.25) is 4.79 Å². The number of carbonyl (C=O) groups is 1. The number of fused-ring (bicyclic) bond motifs is 1. The van der Waals surface area contributed by atoms with Crippen LogP contribution in [0, 0.1) is 0 Å². The highest BCUT2D eigenvalue weighted by molar-refractivity contribution is 5.97. The Balaban J connectivity index is 1.53. The fourth-order valence-electron chi connectivity index (χ4n) is 2.09. The van der Waals surface area contributed by atoms with E-state index in [4.69, 9.17) is 9.47 Å². The van der Waals surface area contributed by atoms with Gasteiger partial charge in [0.1, 0.15) is 0 Å². The molecular weight excluding hydrogens is 258 g/mol. The number of hydrogen-bond donors (Lipinski definition) is 1. The molecule has 6 heteroatoms. The molecule has 3 rings (SSSR count). The minimum absolute atomic E-state index is 0.141. The minimum Gasteiger partial charge on any atom is -0.454 e. The Morgan fingerprint density at radius 1 is 1.40 bits per heavy atom. The van der Waals surface area contributed by atoms with E-state index in [-0.39, 0.29) is 12.7 Å². The zero-order valence-electron chi connectivity index (χ0n) is 10.9. The second-order valence-corrected chi connectivity index (χ2v) is 4.45. The van der Waals surface area contributed by atoms with Gasteiger partial charge in [-0.15, -0.1) is 0 Å². The van der Waals surface area contributed by atoms with Crippen LogP contribution in [0.5, 0.6) is 11.5 Å². The van der Waals surface area contributed by atoms with Gasteiger partial charge in [0.15, 0.2) is 11.5 Å². The van der Waals surface area contributed by atoms with E-state index in [0.717, 1.165) is 13.0 Å². The summed E-state index contributed by atoms with van der Waals surface area (Å²) in [7, 11) is 0. The summed E-state index contributed by atoms with van der Waals surface area (Å²) in [6.07, 6.45) is 6.24. The Morgan fingerprint density at radius 3 is 3.20 bits per heavy atom. The highest BCUT2D eigenvalue weighted by Gasteiger charge is 2.21. The van der Waals surface area contributed by atoms with Crippen molar-refractivity contribution in [3.05, 3.63) is 42.5 Å². The summed E-state index contributed by atoms with van der Waals surface area (Å²) in [5.41, 5.74) is 0.516. The van der Waals surface area contributed by atoms with Crippen LogP contribution in [-0.4, -0.2) is 28.8 Å². The van der Waals surface area contributed by atoms with Gasteiger partial charge in [0.05, 0.1) is 11.9 Å². The average molecular weight is 273 g/mol. The van der Waals surface area contributed by atoms with Crippen LogP contribution in [0.3, 0.4) is 0 Å². The van der Waals surface area contributed by atoms with E-state index in [1.165, 1.54) is 0 Å². The van der Waals surface area contributed by atoms with Gasteiger partial charge in [-0.05, 0) is 18.6 Å².